The minimum atomic E-state index is 0.145. The molecule has 0 atom stereocenters. The lowest BCUT2D eigenvalue weighted by Crippen LogP contribution is -2.34. The van der Waals surface area contributed by atoms with Gasteiger partial charge in [-0.1, -0.05) is 28.8 Å². The third kappa shape index (κ3) is 3.02. The fraction of sp³-hybridized carbons (Fsp3) is 0.412. The summed E-state index contributed by atoms with van der Waals surface area (Å²) in [5, 5.41) is 10.2. The van der Waals surface area contributed by atoms with Gasteiger partial charge >= 0.3 is 0 Å². The lowest BCUT2D eigenvalue weighted by Gasteiger charge is -2.20. The van der Waals surface area contributed by atoms with E-state index in [1.807, 2.05) is 27.7 Å². The molecule has 0 aliphatic carbocycles. The highest BCUT2D eigenvalue weighted by Crippen LogP contribution is 2.25. The Kier molecular flexibility index (Phi) is 4.49. The van der Waals surface area contributed by atoms with Crippen molar-refractivity contribution < 1.29 is 4.79 Å². The number of nitrogens with zero attached hydrogens (tertiary/aromatic N) is 3. The second kappa shape index (κ2) is 6.53. The fourth-order valence-corrected chi connectivity index (χ4v) is 3.42. The van der Waals surface area contributed by atoms with Crippen LogP contribution in [0.5, 0.6) is 0 Å². The molecule has 0 radical (unpaired) electrons. The van der Waals surface area contributed by atoms with Crippen molar-refractivity contribution in [2.75, 3.05) is 13.1 Å². The first-order chi connectivity index (χ1) is 10.7. The van der Waals surface area contributed by atoms with Crippen molar-refractivity contribution >= 4 is 32.7 Å². The van der Waals surface area contributed by atoms with Crippen molar-refractivity contribution in [2.24, 2.45) is 0 Å². The third-order valence-electron chi connectivity index (χ3n) is 4.23. The summed E-state index contributed by atoms with van der Waals surface area (Å²) in [5.41, 5.74) is 1.54. The predicted octanol–water partition coefficient (Wildman–Crippen LogP) is 3.68. The molecule has 4 nitrogen and oxygen atoms in total. The fourth-order valence-electron chi connectivity index (χ4n) is 3.06. The predicted molar refractivity (Wildman–Crippen MR) is 89.4 cm³/mol. The summed E-state index contributed by atoms with van der Waals surface area (Å²) in [4.78, 5) is 14.5. The van der Waals surface area contributed by atoms with Gasteiger partial charge in [0.15, 0.2) is 0 Å². The van der Waals surface area contributed by atoms with Crippen LogP contribution in [0.2, 0.25) is 0 Å². The molecule has 2 aromatic rings. The van der Waals surface area contributed by atoms with Crippen LogP contribution in [0.25, 0.3) is 10.9 Å². The Morgan fingerprint density at radius 1 is 1.23 bits per heavy atom. The van der Waals surface area contributed by atoms with Crippen molar-refractivity contribution in [2.45, 2.75) is 32.2 Å². The zero-order chi connectivity index (χ0) is 15.5. The summed E-state index contributed by atoms with van der Waals surface area (Å²) in [6.07, 6.45) is 6.39. The van der Waals surface area contributed by atoms with E-state index in [4.69, 9.17) is 0 Å². The molecule has 1 amide bonds. The normalized spacial score (nSPS) is 15.5. The molecule has 0 saturated carbocycles. The van der Waals surface area contributed by atoms with Gasteiger partial charge in [-0.15, -0.1) is 0 Å². The van der Waals surface area contributed by atoms with Gasteiger partial charge in [0.25, 0.3) is 0 Å². The summed E-state index contributed by atoms with van der Waals surface area (Å²) in [6, 6.07) is 8.04. The molecule has 5 heteroatoms. The first-order valence-electron chi connectivity index (χ1n) is 7.65. The van der Waals surface area contributed by atoms with E-state index in [9.17, 15) is 10.1 Å². The molecule has 1 aliphatic rings. The lowest BCUT2D eigenvalue weighted by molar-refractivity contribution is -0.131. The van der Waals surface area contributed by atoms with E-state index < -0.39 is 0 Å². The number of rotatable bonds is 2. The van der Waals surface area contributed by atoms with Gasteiger partial charge in [0.05, 0.1) is 5.56 Å². The van der Waals surface area contributed by atoms with E-state index in [-0.39, 0.29) is 5.91 Å². The molecule has 1 fully saturated rings. The number of fused-ring (bicyclic) bond motifs is 1. The number of aromatic nitrogens is 1. The Bertz CT molecular complexity index is 736. The summed E-state index contributed by atoms with van der Waals surface area (Å²) < 4.78 is 2.83. The molecule has 0 N–H and O–H groups in total. The van der Waals surface area contributed by atoms with Crippen LogP contribution in [-0.2, 0) is 11.3 Å². The van der Waals surface area contributed by atoms with Crippen LogP contribution in [0.4, 0.5) is 0 Å². The Morgan fingerprint density at radius 3 is 2.64 bits per heavy atom. The number of nitriles is 1. The zero-order valence-corrected chi connectivity index (χ0v) is 14.0. The Balaban J connectivity index is 1.87. The van der Waals surface area contributed by atoms with E-state index in [1.54, 1.807) is 6.20 Å². The van der Waals surface area contributed by atoms with Crippen molar-refractivity contribution in [1.29, 1.82) is 5.26 Å². The molecule has 1 aliphatic heterocycles. The third-order valence-corrected chi connectivity index (χ3v) is 4.72. The minimum Gasteiger partial charge on any atom is -0.341 e. The largest absolute Gasteiger partial charge is 0.341 e. The SMILES string of the molecule is N#Cc1cn(CC(=O)N2CCCCCC2)c2ccc(Br)cc12. The second-order valence-electron chi connectivity index (χ2n) is 5.74. The lowest BCUT2D eigenvalue weighted by atomic mass is 10.2. The van der Waals surface area contributed by atoms with Crippen molar-refractivity contribution in [1.82, 2.24) is 9.47 Å². The standard InChI is InChI=1S/C17H18BrN3O/c18-14-5-6-16-15(9-14)13(10-19)11-21(16)12-17(22)20-7-3-1-2-4-8-20/h5-6,9,11H,1-4,7-8,12H2. The van der Waals surface area contributed by atoms with Crippen LogP contribution in [0.15, 0.2) is 28.9 Å². The van der Waals surface area contributed by atoms with Crippen LogP contribution in [0.3, 0.4) is 0 Å². The van der Waals surface area contributed by atoms with Gasteiger partial charge in [-0.2, -0.15) is 5.26 Å². The number of amides is 1. The molecular formula is C17H18BrN3O. The molecular weight excluding hydrogens is 342 g/mol. The zero-order valence-electron chi connectivity index (χ0n) is 12.4. The van der Waals surface area contributed by atoms with E-state index in [1.165, 1.54) is 12.8 Å². The highest BCUT2D eigenvalue weighted by molar-refractivity contribution is 9.10. The molecule has 0 spiro atoms. The summed E-state index contributed by atoms with van der Waals surface area (Å²) >= 11 is 3.43. The number of halogens is 1. The van der Waals surface area contributed by atoms with E-state index in [0.717, 1.165) is 41.3 Å². The highest BCUT2D eigenvalue weighted by Gasteiger charge is 2.17. The minimum absolute atomic E-state index is 0.145. The van der Waals surface area contributed by atoms with Gasteiger partial charge in [-0.25, -0.2) is 0 Å². The summed E-state index contributed by atoms with van der Waals surface area (Å²) in [6.45, 7) is 2.02. The first-order valence-corrected chi connectivity index (χ1v) is 8.44. The number of hydrogen-bond donors (Lipinski definition) is 0. The molecule has 22 heavy (non-hydrogen) atoms. The van der Waals surface area contributed by atoms with E-state index in [2.05, 4.69) is 22.0 Å². The van der Waals surface area contributed by atoms with Crippen LogP contribution < -0.4 is 0 Å². The average molecular weight is 360 g/mol. The molecule has 2 heterocycles. The number of hydrogen-bond acceptors (Lipinski definition) is 2. The molecule has 1 aromatic carbocycles. The van der Waals surface area contributed by atoms with E-state index >= 15 is 0 Å². The van der Waals surface area contributed by atoms with Gasteiger partial charge < -0.3 is 9.47 Å². The molecule has 0 bridgehead atoms. The monoisotopic (exact) mass is 359 g/mol. The summed E-state index contributed by atoms with van der Waals surface area (Å²) in [7, 11) is 0. The Hall–Kier alpha value is -1.80. The van der Waals surface area contributed by atoms with Gasteiger partial charge in [0.2, 0.25) is 5.91 Å². The molecule has 1 saturated heterocycles. The van der Waals surface area contributed by atoms with Crippen molar-refractivity contribution in [3.8, 4) is 6.07 Å². The van der Waals surface area contributed by atoms with Gasteiger partial charge in [-0.3, -0.25) is 4.79 Å². The maximum Gasteiger partial charge on any atom is 0.242 e. The molecule has 0 unspecified atom stereocenters. The number of likely N-dealkylation sites (tertiary alicyclic amines) is 1. The topological polar surface area (TPSA) is 49.0 Å². The number of benzene rings is 1. The van der Waals surface area contributed by atoms with Crippen LogP contribution >= 0.6 is 15.9 Å². The van der Waals surface area contributed by atoms with E-state index in [0.29, 0.717) is 12.1 Å². The van der Waals surface area contributed by atoms with Crippen LogP contribution in [0, 0.1) is 11.3 Å². The maximum absolute atomic E-state index is 12.5. The quantitative estimate of drug-likeness (QED) is 0.820. The van der Waals surface area contributed by atoms with Crippen molar-refractivity contribution in [3.63, 3.8) is 0 Å². The maximum atomic E-state index is 12.5. The van der Waals surface area contributed by atoms with Gasteiger partial charge in [-0.05, 0) is 31.0 Å². The molecule has 3 rings (SSSR count). The smallest absolute Gasteiger partial charge is 0.242 e. The average Bonchev–Trinajstić information content (AvgIpc) is 2.69. The first kappa shape index (κ1) is 15.1. The van der Waals surface area contributed by atoms with Crippen molar-refractivity contribution in [3.05, 3.63) is 34.4 Å². The van der Waals surface area contributed by atoms with Crippen LogP contribution in [-0.4, -0.2) is 28.5 Å². The molecule has 114 valence electrons. The number of carbonyl (C=O) groups excluding carboxylic acids is 1. The Labute approximate surface area is 138 Å². The molecule has 1 aromatic heterocycles. The van der Waals surface area contributed by atoms with Gasteiger partial charge in [0.1, 0.15) is 12.6 Å². The second-order valence-corrected chi connectivity index (χ2v) is 6.65. The van der Waals surface area contributed by atoms with Gasteiger partial charge in [0, 0.05) is 34.7 Å². The summed E-state index contributed by atoms with van der Waals surface area (Å²) in [5.74, 6) is 0.145. The van der Waals surface area contributed by atoms with Crippen LogP contribution in [0.1, 0.15) is 31.2 Å². The Morgan fingerprint density at radius 2 is 1.95 bits per heavy atom. The number of carbonyl (C=O) groups is 1. The highest BCUT2D eigenvalue weighted by atomic mass is 79.9.